The van der Waals surface area contributed by atoms with Crippen LogP contribution in [0.3, 0.4) is 0 Å². The number of carbonyl (C=O) groups is 1. The van der Waals surface area contributed by atoms with Gasteiger partial charge in [0.1, 0.15) is 0 Å². The average Bonchev–Trinajstić information content (AvgIpc) is 1.96. The maximum absolute atomic E-state index is 11.3. The fourth-order valence-corrected chi connectivity index (χ4v) is 1.50. The maximum Gasteiger partial charge on any atom is 0.327 e. The molecule has 0 aromatic rings. The molecule has 0 aliphatic carbocycles. The van der Waals surface area contributed by atoms with Crippen LogP contribution in [-0.4, -0.2) is 17.5 Å². The van der Waals surface area contributed by atoms with E-state index in [1.807, 2.05) is 20.8 Å². The van der Waals surface area contributed by atoms with Gasteiger partial charge >= 0.3 is 8.69 Å². The molecule has 0 radical (unpaired) electrons. The second-order valence-corrected chi connectivity index (χ2v) is 4.77. The van der Waals surface area contributed by atoms with Crippen molar-refractivity contribution in [1.29, 1.82) is 0 Å². The van der Waals surface area contributed by atoms with E-state index in [0.29, 0.717) is 12.4 Å². The van der Waals surface area contributed by atoms with Gasteiger partial charge in [0, 0.05) is 11.2 Å². The molecule has 0 saturated carbocycles. The summed E-state index contributed by atoms with van der Waals surface area (Å²) in [5.74, 6) is 0.561. The first-order valence-electron chi connectivity index (χ1n) is 3.60. The highest BCUT2D eigenvalue weighted by atomic mass is 32.2. The molecule has 0 N–H and O–H groups in total. The van der Waals surface area contributed by atoms with Crippen LogP contribution >= 0.6 is 20.4 Å². The molecule has 12 heavy (non-hydrogen) atoms. The van der Waals surface area contributed by atoms with Crippen LogP contribution in [0.15, 0.2) is 0 Å². The molecule has 3 nitrogen and oxygen atoms in total. The SMILES string of the molecule is CC(C)(C)C(=O)SCCOP=O. The van der Waals surface area contributed by atoms with Gasteiger partial charge in [-0.25, -0.2) is 4.57 Å². The van der Waals surface area contributed by atoms with Crippen LogP contribution < -0.4 is 0 Å². The van der Waals surface area contributed by atoms with Gasteiger partial charge in [-0.1, -0.05) is 32.5 Å². The van der Waals surface area contributed by atoms with Gasteiger partial charge in [0.2, 0.25) is 0 Å². The summed E-state index contributed by atoms with van der Waals surface area (Å²) in [5.41, 5.74) is -0.306. The zero-order valence-electron chi connectivity index (χ0n) is 7.49. The molecular weight excluding hydrogens is 195 g/mol. The van der Waals surface area contributed by atoms with Crippen LogP contribution in [0.4, 0.5) is 0 Å². The van der Waals surface area contributed by atoms with Crippen LogP contribution in [0, 0.1) is 5.41 Å². The van der Waals surface area contributed by atoms with Crippen molar-refractivity contribution in [3.05, 3.63) is 0 Å². The van der Waals surface area contributed by atoms with E-state index in [0.717, 1.165) is 0 Å². The molecule has 0 atom stereocenters. The van der Waals surface area contributed by atoms with E-state index in [4.69, 9.17) is 0 Å². The fraction of sp³-hybridized carbons (Fsp3) is 0.857. The topological polar surface area (TPSA) is 43.4 Å². The molecular formula is C7H13O3PS. The third-order valence-corrected chi connectivity index (χ3v) is 2.61. The molecule has 0 aromatic heterocycles. The smallest absolute Gasteiger partial charge is 0.294 e. The zero-order chi connectivity index (χ0) is 9.61. The third kappa shape index (κ3) is 5.70. The molecule has 0 unspecified atom stereocenters. The first-order chi connectivity index (χ1) is 5.48. The summed E-state index contributed by atoms with van der Waals surface area (Å²) in [5, 5.41) is 0.133. The summed E-state index contributed by atoms with van der Waals surface area (Å²) < 4.78 is 14.4. The molecule has 0 rings (SSSR count). The summed E-state index contributed by atoms with van der Waals surface area (Å²) in [6.45, 7) is 5.96. The Bertz CT molecular complexity index is 165. The molecule has 0 aromatic carbocycles. The second-order valence-electron chi connectivity index (χ2n) is 3.29. The Kier molecular flexibility index (Phi) is 5.72. The van der Waals surface area contributed by atoms with Crippen LogP contribution in [0.5, 0.6) is 0 Å². The Labute approximate surface area is 78.5 Å². The van der Waals surface area contributed by atoms with Gasteiger partial charge in [0.05, 0.1) is 6.61 Å². The summed E-state index contributed by atoms with van der Waals surface area (Å²) in [6, 6.07) is 0. The quantitative estimate of drug-likeness (QED) is 0.526. The van der Waals surface area contributed by atoms with Gasteiger partial charge in [0.25, 0.3) is 0 Å². The lowest BCUT2D eigenvalue weighted by Gasteiger charge is -2.14. The number of carbonyl (C=O) groups excluding carboxylic acids is 1. The van der Waals surface area contributed by atoms with E-state index in [-0.39, 0.29) is 19.2 Å². The zero-order valence-corrected chi connectivity index (χ0v) is 9.21. The summed E-state index contributed by atoms with van der Waals surface area (Å²) in [6.07, 6.45) is 0. The Balaban J connectivity index is 3.51. The molecule has 0 fully saturated rings. The highest BCUT2D eigenvalue weighted by Gasteiger charge is 2.20. The Morgan fingerprint density at radius 3 is 2.50 bits per heavy atom. The average molecular weight is 208 g/mol. The molecule has 0 heterocycles. The molecule has 0 aliphatic heterocycles. The Hall–Kier alpha value is 0.0800. The lowest BCUT2D eigenvalue weighted by molar-refractivity contribution is -0.117. The van der Waals surface area contributed by atoms with E-state index in [1.165, 1.54) is 11.8 Å². The van der Waals surface area contributed by atoms with Gasteiger partial charge < -0.3 is 0 Å². The minimum atomic E-state index is -0.320. The highest BCUT2D eigenvalue weighted by molar-refractivity contribution is 8.13. The number of hydrogen-bond donors (Lipinski definition) is 0. The lowest BCUT2D eigenvalue weighted by Crippen LogP contribution is -2.17. The van der Waals surface area contributed by atoms with Crippen molar-refractivity contribution >= 4 is 25.6 Å². The van der Waals surface area contributed by atoms with E-state index < -0.39 is 0 Å². The van der Waals surface area contributed by atoms with Crippen molar-refractivity contribution in [1.82, 2.24) is 0 Å². The monoisotopic (exact) mass is 208 g/mol. The first kappa shape index (κ1) is 12.1. The van der Waals surface area contributed by atoms with Crippen LogP contribution in [-0.2, 0) is 13.9 Å². The number of thioether (sulfide) groups is 1. The van der Waals surface area contributed by atoms with Crippen LogP contribution in [0.2, 0.25) is 0 Å². The van der Waals surface area contributed by atoms with Crippen LogP contribution in [0.25, 0.3) is 0 Å². The standard InChI is InChI=1S/C7H13O3PS/c1-7(2,3)6(8)12-5-4-10-11-9/h4-5H2,1-3H3. The molecule has 0 saturated heterocycles. The minimum absolute atomic E-state index is 0.133. The van der Waals surface area contributed by atoms with E-state index in [9.17, 15) is 9.36 Å². The van der Waals surface area contributed by atoms with E-state index in [2.05, 4.69) is 4.52 Å². The molecule has 70 valence electrons. The normalized spacial score (nSPS) is 11.9. The van der Waals surface area contributed by atoms with Crippen LogP contribution in [0.1, 0.15) is 20.8 Å². The highest BCUT2D eigenvalue weighted by Crippen LogP contribution is 2.22. The predicted octanol–water partition coefficient (Wildman–Crippen LogP) is 2.52. The number of hydrogen-bond acceptors (Lipinski definition) is 4. The van der Waals surface area contributed by atoms with Gasteiger partial charge in [-0.15, -0.1) is 0 Å². The molecule has 0 bridgehead atoms. The summed E-state index contributed by atoms with van der Waals surface area (Å²) in [4.78, 5) is 11.3. The maximum atomic E-state index is 11.3. The fourth-order valence-electron chi connectivity index (χ4n) is 0.425. The Morgan fingerprint density at radius 2 is 2.08 bits per heavy atom. The molecule has 0 amide bonds. The van der Waals surface area contributed by atoms with Crippen molar-refractivity contribution < 1.29 is 13.9 Å². The Morgan fingerprint density at radius 1 is 1.50 bits per heavy atom. The van der Waals surface area contributed by atoms with Gasteiger partial charge in [-0.3, -0.25) is 9.32 Å². The van der Waals surface area contributed by atoms with Gasteiger partial charge in [-0.2, -0.15) is 0 Å². The van der Waals surface area contributed by atoms with Crippen molar-refractivity contribution in [3.8, 4) is 0 Å². The van der Waals surface area contributed by atoms with Crippen molar-refractivity contribution in [2.24, 2.45) is 5.41 Å². The molecule has 5 heteroatoms. The van der Waals surface area contributed by atoms with Crippen molar-refractivity contribution in [2.75, 3.05) is 12.4 Å². The predicted molar refractivity (Wildman–Crippen MR) is 50.5 cm³/mol. The number of rotatable bonds is 4. The van der Waals surface area contributed by atoms with E-state index >= 15 is 0 Å². The van der Waals surface area contributed by atoms with E-state index in [1.54, 1.807) is 0 Å². The molecule has 0 spiro atoms. The van der Waals surface area contributed by atoms with Gasteiger partial charge in [0.15, 0.2) is 5.12 Å². The first-order valence-corrected chi connectivity index (χ1v) is 5.32. The minimum Gasteiger partial charge on any atom is -0.294 e. The lowest BCUT2D eigenvalue weighted by atomic mass is 10.00. The molecule has 0 aliphatic rings. The largest absolute Gasteiger partial charge is 0.327 e. The van der Waals surface area contributed by atoms with Gasteiger partial charge in [-0.05, 0) is 0 Å². The van der Waals surface area contributed by atoms with Crippen molar-refractivity contribution in [2.45, 2.75) is 20.8 Å². The van der Waals surface area contributed by atoms with Crippen molar-refractivity contribution in [3.63, 3.8) is 0 Å². The third-order valence-electron chi connectivity index (χ3n) is 1.07. The summed E-state index contributed by atoms with van der Waals surface area (Å²) >= 11 is 1.22. The summed E-state index contributed by atoms with van der Waals surface area (Å²) in [7, 11) is -0.320. The second kappa shape index (κ2) is 5.68.